The van der Waals surface area contributed by atoms with Crippen LogP contribution < -0.4 is 9.47 Å². The number of carboxylic acid groups (broad SMARTS) is 1. The molecule has 0 saturated heterocycles. The first-order valence-electron chi connectivity index (χ1n) is 7.60. The average Bonchev–Trinajstić information content (AvgIpc) is 2.53. The molecule has 2 rings (SSSR count). The number of halogens is 1. The van der Waals surface area contributed by atoms with Gasteiger partial charge in [0, 0.05) is 5.56 Å². The normalized spacial score (nSPS) is 18.5. The maximum Gasteiger partial charge on any atom is 0.314 e. The minimum absolute atomic E-state index is 0.331. The summed E-state index contributed by atoms with van der Waals surface area (Å²) in [4.78, 5) is 11.9. The molecule has 0 aliphatic heterocycles. The fraction of sp³-hybridized carbons (Fsp3) is 0.588. The fourth-order valence-corrected chi connectivity index (χ4v) is 3.35. The van der Waals surface area contributed by atoms with Crippen molar-refractivity contribution in [1.29, 1.82) is 0 Å². The monoisotopic (exact) mass is 310 g/mol. The Labute approximate surface area is 130 Å². The van der Waals surface area contributed by atoms with Crippen molar-refractivity contribution in [2.24, 2.45) is 0 Å². The minimum atomic E-state index is -1.27. The summed E-state index contributed by atoms with van der Waals surface area (Å²) in [5.41, 5.74) is -0.0126. The highest BCUT2D eigenvalue weighted by molar-refractivity contribution is 5.82. The van der Waals surface area contributed by atoms with E-state index >= 15 is 0 Å². The summed E-state index contributed by atoms with van der Waals surface area (Å²) in [7, 11) is 2.93. The molecule has 0 amide bonds. The van der Waals surface area contributed by atoms with Crippen LogP contribution in [0.25, 0.3) is 0 Å². The smallest absolute Gasteiger partial charge is 0.314 e. The number of carboxylic acids is 1. The molecule has 0 spiro atoms. The van der Waals surface area contributed by atoms with Crippen molar-refractivity contribution in [1.82, 2.24) is 0 Å². The number of benzene rings is 1. The molecule has 1 fully saturated rings. The third kappa shape index (κ3) is 2.76. The molecule has 0 bridgehead atoms. The lowest BCUT2D eigenvalue weighted by molar-refractivity contribution is -0.145. The molecule has 1 N–H and O–H groups in total. The number of ether oxygens (including phenoxy) is 2. The standard InChI is InChI=1S/C17H23FO4/c1-11(18)13-9-12(10-14(21-2)15(13)22-3)17(16(19)20)7-5-4-6-8-17/h9-11H,4-8H2,1-3H3,(H,19,20). The van der Waals surface area contributed by atoms with Crippen molar-refractivity contribution in [3.05, 3.63) is 23.3 Å². The lowest BCUT2D eigenvalue weighted by atomic mass is 9.69. The minimum Gasteiger partial charge on any atom is -0.493 e. The van der Waals surface area contributed by atoms with Crippen molar-refractivity contribution in [3.63, 3.8) is 0 Å². The second-order valence-electron chi connectivity index (χ2n) is 5.86. The van der Waals surface area contributed by atoms with E-state index in [1.54, 1.807) is 12.1 Å². The van der Waals surface area contributed by atoms with E-state index in [-0.39, 0.29) is 0 Å². The summed E-state index contributed by atoms with van der Waals surface area (Å²) in [6.45, 7) is 1.41. The van der Waals surface area contributed by atoms with Crippen LogP contribution in [0, 0.1) is 0 Å². The molecule has 22 heavy (non-hydrogen) atoms. The van der Waals surface area contributed by atoms with Gasteiger partial charge in [-0.15, -0.1) is 0 Å². The van der Waals surface area contributed by atoms with E-state index in [1.807, 2.05) is 0 Å². The van der Waals surface area contributed by atoms with Gasteiger partial charge in [-0.25, -0.2) is 4.39 Å². The Balaban J connectivity index is 2.63. The van der Waals surface area contributed by atoms with Crippen molar-refractivity contribution in [3.8, 4) is 11.5 Å². The zero-order valence-corrected chi connectivity index (χ0v) is 13.3. The summed E-state index contributed by atoms with van der Waals surface area (Å²) >= 11 is 0. The van der Waals surface area contributed by atoms with Gasteiger partial charge in [0.25, 0.3) is 0 Å². The summed E-state index contributed by atoms with van der Waals surface area (Å²) in [6.07, 6.45) is 2.63. The highest BCUT2D eigenvalue weighted by Crippen LogP contribution is 2.45. The van der Waals surface area contributed by atoms with Crippen LogP contribution in [0.4, 0.5) is 4.39 Å². The summed E-state index contributed by atoms with van der Waals surface area (Å²) < 4.78 is 24.5. The van der Waals surface area contributed by atoms with Gasteiger partial charge in [-0.2, -0.15) is 0 Å². The SMILES string of the molecule is COc1cc(C2(C(=O)O)CCCCC2)cc(C(C)F)c1OC. The summed E-state index contributed by atoms with van der Waals surface area (Å²) in [5.74, 6) is -0.139. The average molecular weight is 310 g/mol. The van der Waals surface area contributed by atoms with Gasteiger partial charge in [0.05, 0.1) is 19.6 Å². The lowest BCUT2D eigenvalue weighted by Crippen LogP contribution is -2.38. The van der Waals surface area contributed by atoms with Crippen molar-refractivity contribution in [2.75, 3.05) is 14.2 Å². The first-order chi connectivity index (χ1) is 10.5. The van der Waals surface area contributed by atoms with Crippen LogP contribution in [0.2, 0.25) is 0 Å². The van der Waals surface area contributed by atoms with Crippen molar-refractivity contribution < 1.29 is 23.8 Å². The molecule has 4 nitrogen and oxygen atoms in total. The number of aliphatic carboxylic acids is 1. The van der Waals surface area contributed by atoms with Gasteiger partial charge in [-0.1, -0.05) is 19.3 Å². The maximum atomic E-state index is 14.0. The molecule has 1 aliphatic rings. The van der Waals surface area contributed by atoms with Crippen LogP contribution in [0.1, 0.15) is 56.3 Å². The summed E-state index contributed by atoms with van der Waals surface area (Å²) in [6, 6.07) is 3.32. The molecule has 1 atom stereocenters. The van der Waals surface area contributed by atoms with Gasteiger partial charge in [0.15, 0.2) is 11.5 Å². The van der Waals surface area contributed by atoms with Gasteiger partial charge in [0.1, 0.15) is 6.17 Å². The molecule has 0 aromatic heterocycles. The Morgan fingerprint density at radius 3 is 2.32 bits per heavy atom. The van der Waals surface area contributed by atoms with Crippen LogP contribution in [0.3, 0.4) is 0 Å². The topological polar surface area (TPSA) is 55.8 Å². The van der Waals surface area contributed by atoms with Gasteiger partial charge < -0.3 is 14.6 Å². The molecule has 5 heteroatoms. The van der Waals surface area contributed by atoms with E-state index in [9.17, 15) is 14.3 Å². The first-order valence-corrected chi connectivity index (χ1v) is 7.60. The molecule has 1 aliphatic carbocycles. The quantitative estimate of drug-likeness (QED) is 0.892. The second kappa shape index (κ2) is 6.55. The van der Waals surface area contributed by atoms with E-state index in [4.69, 9.17) is 9.47 Å². The Kier molecular flexibility index (Phi) is 4.94. The number of rotatable bonds is 5. The van der Waals surface area contributed by atoms with Gasteiger partial charge in [-0.05, 0) is 37.5 Å². The van der Waals surface area contributed by atoms with Gasteiger partial charge in [0.2, 0.25) is 0 Å². The zero-order chi connectivity index (χ0) is 16.3. The molecule has 0 radical (unpaired) electrons. The van der Waals surface area contributed by atoms with Crippen molar-refractivity contribution >= 4 is 5.97 Å². The Bertz CT molecular complexity index is 548. The van der Waals surface area contributed by atoms with Crippen LogP contribution >= 0.6 is 0 Å². The summed E-state index contributed by atoms with van der Waals surface area (Å²) in [5, 5.41) is 9.80. The number of methoxy groups -OCH3 is 2. The highest BCUT2D eigenvalue weighted by Gasteiger charge is 2.42. The highest BCUT2D eigenvalue weighted by atomic mass is 19.1. The predicted molar refractivity (Wildman–Crippen MR) is 81.5 cm³/mol. The molecule has 1 unspecified atom stereocenters. The zero-order valence-electron chi connectivity index (χ0n) is 13.3. The fourth-order valence-electron chi connectivity index (χ4n) is 3.35. The third-order valence-corrected chi connectivity index (χ3v) is 4.61. The van der Waals surface area contributed by atoms with Crippen LogP contribution in [0.15, 0.2) is 12.1 Å². The van der Waals surface area contributed by atoms with E-state index < -0.39 is 17.6 Å². The molecular weight excluding hydrogens is 287 g/mol. The Morgan fingerprint density at radius 2 is 1.86 bits per heavy atom. The molecular formula is C17H23FO4. The molecule has 122 valence electrons. The Hall–Kier alpha value is -1.78. The van der Waals surface area contributed by atoms with E-state index in [2.05, 4.69) is 0 Å². The second-order valence-corrected chi connectivity index (χ2v) is 5.86. The van der Waals surface area contributed by atoms with Gasteiger partial charge in [-0.3, -0.25) is 4.79 Å². The number of hydrogen-bond donors (Lipinski definition) is 1. The first kappa shape index (κ1) is 16.6. The third-order valence-electron chi connectivity index (χ3n) is 4.61. The lowest BCUT2D eigenvalue weighted by Gasteiger charge is -2.34. The number of alkyl halides is 1. The van der Waals surface area contributed by atoms with Crippen LogP contribution in [-0.4, -0.2) is 25.3 Å². The van der Waals surface area contributed by atoms with E-state index in [0.29, 0.717) is 35.5 Å². The molecule has 1 aromatic carbocycles. The molecule has 1 aromatic rings. The predicted octanol–water partition coefficient (Wildman–Crippen LogP) is 4.02. The van der Waals surface area contributed by atoms with Crippen molar-refractivity contribution in [2.45, 2.75) is 50.6 Å². The van der Waals surface area contributed by atoms with Crippen LogP contribution in [-0.2, 0) is 10.2 Å². The van der Waals surface area contributed by atoms with E-state index in [0.717, 1.165) is 19.3 Å². The van der Waals surface area contributed by atoms with E-state index in [1.165, 1.54) is 21.1 Å². The van der Waals surface area contributed by atoms with Crippen LogP contribution in [0.5, 0.6) is 11.5 Å². The number of carbonyl (C=O) groups is 1. The maximum absolute atomic E-state index is 14.0. The Morgan fingerprint density at radius 1 is 1.23 bits per heavy atom. The molecule has 0 heterocycles. The largest absolute Gasteiger partial charge is 0.493 e. The molecule has 1 saturated carbocycles. The van der Waals surface area contributed by atoms with Gasteiger partial charge >= 0.3 is 5.97 Å². The number of hydrogen-bond acceptors (Lipinski definition) is 3.